The van der Waals surface area contributed by atoms with E-state index in [0.29, 0.717) is 5.92 Å². The summed E-state index contributed by atoms with van der Waals surface area (Å²) in [5.74, 6) is 1.50. The van der Waals surface area contributed by atoms with Crippen molar-refractivity contribution in [3.63, 3.8) is 0 Å². The molecule has 0 aliphatic heterocycles. The molecule has 0 fully saturated rings. The second kappa shape index (κ2) is 7.59. The summed E-state index contributed by atoms with van der Waals surface area (Å²) in [4.78, 5) is 6.74. The summed E-state index contributed by atoms with van der Waals surface area (Å²) in [5.41, 5.74) is 1.13. The number of nitrogens with one attached hydrogen (secondary N) is 1. The Morgan fingerprint density at radius 3 is 2.61 bits per heavy atom. The Balaban J connectivity index is 2.82. The van der Waals surface area contributed by atoms with Crippen LogP contribution in [0.3, 0.4) is 0 Å². The fourth-order valence-electron chi connectivity index (χ4n) is 1.88. The quantitative estimate of drug-likeness (QED) is 0.823. The largest absolute Gasteiger partial charge is 0.355 e. The van der Waals surface area contributed by atoms with Crippen molar-refractivity contribution < 1.29 is 0 Å². The second-order valence-corrected chi connectivity index (χ2v) is 5.27. The van der Waals surface area contributed by atoms with Crippen LogP contribution in [0.1, 0.15) is 33.3 Å². The minimum absolute atomic E-state index is 0.601. The number of rotatable bonds is 7. The Morgan fingerprint density at radius 1 is 1.39 bits per heavy atom. The second-order valence-electron chi connectivity index (χ2n) is 4.86. The highest BCUT2D eigenvalue weighted by Gasteiger charge is 2.12. The predicted octanol–water partition coefficient (Wildman–Crippen LogP) is 3.33. The third-order valence-electron chi connectivity index (χ3n) is 2.72. The molecule has 0 bridgehead atoms. The van der Waals surface area contributed by atoms with Crippen molar-refractivity contribution in [2.24, 2.45) is 5.92 Å². The maximum atomic E-state index is 6.33. The number of anilines is 1. The molecule has 1 aromatic heterocycles. The third kappa shape index (κ3) is 4.46. The molecule has 0 saturated heterocycles. The van der Waals surface area contributed by atoms with Crippen LogP contribution < -0.4 is 10.2 Å². The molecule has 0 aromatic carbocycles. The first-order chi connectivity index (χ1) is 8.58. The minimum Gasteiger partial charge on any atom is -0.355 e. The molecule has 1 rings (SSSR count). The summed E-state index contributed by atoms with van der Waals surface area (Å²) in [6.07, 6.45) is 1.91. The standard InChI is InChI=1S/C14H24ClN3/c1-5-16-8-12-7-13(15)14(17-9-12)18(6-2)10-11(3)4/h7,9,11,16H,5-6,8,10H2,1-4H3. The number of halogens is 1. The van der Waals surface area contributed by atoms with Crippen LogP contribution in [0, 0.1) is 5.92 Å². The summed E-state index contributed by atoms with van der Waals surface area (Å²) >= 11 is 6.33. The van der Waals surface area contributed by atoms with Crippen molar-refractivity contribution in [2.75, 3.05) is 24.5 Å². The lowest BCUT2D eigenvalue weighted by Crippen LogP contribution is -2.28. The first kappa shape index (κ1) is 15.3. The molecule has 18 heavy (non-hydrogen) atoms. The Labute approximate surface area is 116 Å². The van der Waals surface area contributed by atoms with Gasteiger partial charge in [-0.15, -0.1) is 0 Å². The highest BCUT2D eigenvalue weighted by molar-refractivity contribution is 6.33. The summed E-state index contributed by atoms with van der Waals surface area (Å²) < 4.78 is 0. The molecule has 0 radical (unpaired) electrons. The Kier molecular flexibility index (Phi) is 6.44. The van der Waals surface area contributed by atoms with E-state index in [0.717, 1.165) is 42.6 Å². The number of nitrogens with zero attached hydrogens (tertiary/aromatic N) is 2. The van der Waals surface area contributed by atoms with Gasteiger partial charge in [-0.05, 0) is 31.0 Å². The van der Waals surface area contributed by atoms with Crippen LogP contribution in [-0.2, 0) is 6.54 Å². The van der Waals surface area contributed by atoms with Crippen molar-refractivity contribution in [3.8, 4) is 0 Å². The van der Waals surface area contributed by atoms with Crippen LogP contribution in [0.25, 0.3) is 0 Å². The molecule has 0 amide bonds. The molecule has 0 aliphatic carbocycles. The van der Waals surface area contributed by atoms with Gasteiger partial charge in [0.2, 0.25) is 0 Å². The van der Waals surface area contributed by atoms with Crippen LogP contribution in [0.5, 0.6) is 0 Å². The summed E-state index contributed by atoms with van der Waals surface area (Å²) in [7, 11) is 0. The zero-order chi connectivity index (χ0) is 13.5. The van der Waals surface area contributed by atoms with Gasteiger partial charge < -0.3 is 10.2 Å². The fraction of sp³-hybridized carbons (Fsp3) is 0.643. The zero-order valence-electron chi connectivity index (χ0n) is 11.8. The third-order valence-corrected chi connectivity index (χ3v) is 3.00. The van der Waals surface area contributed by atoms with E-state index in [9.17, 15) is 0 Å². The van der Waals surface area contributed by atoms with Crippen LogP contribution in [0.2, 0.25) is 5.02 Å². The van der Waals surface area contributed by atoms with Gasteiger partial charge in [0.25, 0.3) is 0 Å². The maximum absolute atomic E-state index is 6.33. The van der Waals surface area contributed by atoms with Crippen LogP contribution in [0.15, 0.2) is 12.3 Å². The van der Waals surface area contributed by atoms with Gasteiger partial charge in [-0.25, -0.2) is 4.98 Å². The lowest BCUT2D eigenvalue weighted by Gasteiger charge is -2.25. The topological polar surface area (TPSA) is 28.2 Å². The molecule has 0 unspecified atom stereocenters. The average molecular weight is 270 g/mol. The zero-order valence-corrected chi connectivity index (χ0v) is 12.6. The van der Waals surface area contributed by atoms with Gasteiger partial charge in [0.1, 0.15) is 5.82 Å². The molecular formula is C14H24ClN3. The number of pyridine rings is 1. The van der Waals surface area contributed by atoms with Crippen LogP contribution in [-0.4, -0.2) is 24.6 Å². The van der Waals surface area contributed by atoms with E-state index in [1.54, 1.807) is 0 Å². The monoisotopic (exact) mass is 269 g/mol. The molecule has 102 valence electrons. The minimum atomic E-state index is 0.601. The summed E-state index contributed by atoms with van der Waals surface area (Å²) in [6, 6.07) is 2.01. The Hall–Kier alpha value is -0.800. The first-order valence-corrected chi connectivity index (χ1v) is 7.06. The number of aromatic nitrogens is 1. The van der Waals surface area contributed by atoms with Gasteiger partial charge in [0.05, 0.1) is 5.02 Å². The van der Waals surface area contributed by atoms with Gasteiger partial charge in [-0.2, -0.15) is 0 Å². The van der Waals surface area contributed by atoms with E-state index in [-0.39, 0.29) is 0 Å². The number of hydrogen-bond acceptors (Lipinski definition) is 3. The van der Waals surface area contributed by atoms with Crippen molar-refractivity contribution >= 4 is 17.4 Å². The van der Waals surface area contributed by atoms with Crippen molar-refractivity contribution in [1.82, 2.24) is 10.3 Å². The van der Waals surface area contributed by atoms with Crippen molar-refractivity contribution in [3.05, 3.63) is 22.8 Å². The Bertz CT molecular complexity index is 366. The van der Waals surface area contributed by atoms with E-state index >= 15 is 0 Å². The summed E-state index contributed by atoms with van der Waals surface area (Å²) in [5, 5.41) is 4.02. The van der Waals surface area contributed by atoms with Crippen LogP contribution >= 0.6 is 11.6 Å². The van der Waals surface area contributed by atoms with E-state index < -0.39 is 0 Å². The molecule has 4 heteroatoms. The lowest BCUT2D eigenvalue weighted by atomic mass is 10.2. The van der Waals surface area contributed by atoms with Gasteiger partial charge in [-0.1, -0.05) is 32.4 Å². The lowest BCUT2D eigenvalue weighted by molar-refractivity contribution is 0.614. The van der Waals surface area contributed by atoms with Crippen molar-refractivity contribution in [2.45, 2.75) is 34.2 Å². The normalized spacial score (nSPS) is 11.0. The van der Waals surface area contributed by atoms with Gasteiger partial charge in [0, 0.05) is 25.8 Å². The molecule has 0 spiro atoms. The average Bonchev–Trinajstić information content (AvgIpc) is 2.33. The molecule has 3 nitrogen and oxygen atoms in total. The highest BCUT2D eigenvalue weighted by Crippen LogP contribution is 2.24. The van der Waals surface area contributed by atoms with Crippen molar-refractivity contribution in [1.29, 1.82) is 0 Å². The molecule has 1 heterocycles. The number of hydrogen-bond donors (Lipinski definition) is 1. The molecule has 1 N–H and O–H groups in total. The van der Waals surface area contributed by atoms with Gasteiger partial charge in [0.15, 0.2) is 0 Å². The molecule has 0 aliphatic rings. The molecular weight excluding hydrogens is 246 g/mol. The smallest absolute Gasteiger partial charge is 0.147 e. The molecule has 0 saturated carbocycles. The van der Waals surface area contributed by atoms with Gasteiger partial charge in [-0.3, -0.25) is 0 Å². The SMILES string of the molecule is CCNCc1cnc(N(CC)CC(C)C)c(Cl)c1. The van der Waals surface area contributed by atoms with E-state index in [1.807, 2.05) is 12.3 Å². The fourth-order valence-corrected chi connectivity index (χ4v) is 2.18. The molecule has 1 aromatic rings. The highest BCUT2D eigenvalue weighted by atomic mass is 35.5. The molecule has 0 atom stereocenters. The van der Waals surface area contributed by atoms with Crippen LogP contribution in [0.4, 0.5) is 5.82 Å². The predicted molar refractivity (Wildman–Crippen MR) is 79.4 cm³/mol. The maximum Gasteiger partial charge on any atom is 0.147 e. The summed E-state index contributed by atoms with van der Waals surface area (Å²) in [6.45, 7) is 12.3. The first-order valence-electron chi connectivity index (χ1n) is 6.68. The van der Waals surface area contributed by atoms with E-state index in [2.05, 4.69) is 42.9 Å². The van der Waals surface area contributed by atoms with E-state index in [4.69, 9.17) is 11.6 Å². The van der Waals surface area contributed by atoms with Gasteiger partial charge >= 0.3 is 0 Å². The van der Waals surface area contributed by atoms with E-state index in [1.165, 1.54) is 0 Å². The Morgan fingerprint density at radius 2 is 2.11 bits per heavy atom.